The van der Waals surface area contributed by atoms with Crippen LogP contribution in [0, 0.1) is 0 Å². The Labute approximate surface area is 164 Å². The maximum atomic E-state index is 12.1. The Morgan fingerprint density at radius 3 is 2.48 bits per heavy atom. The molecule has 0 unspecified atom stereocenters. The number of nitrogens with one attached hydrogen (secondary N) is 2. The van der Waals surface area contributed by atoms with E-state index in [-0.39, 0.29) is 30.4 Å². The van der Waals surface area contributed by atoms with Crippen molar-refractivity contribution in [2.24, 2.45) is 0 Å². The minimum atomic E-state index is -1.07. The van der Waals surface area contributed by atoms with Gasteiger partial charge in [0.15, 0.2) is 0 Å². The first-order valence-electron chi connectivity index (χ1n) is 8.48. The minimum Gasteiger partial charge on any atom is -0.465 e. The first kappa shape index (κ1) is 20.5. The van der Waals surface area contributed by atoms with Crippen LogP contribution in [-0.2, 0) is 4.79 Å². The zero-order valence-corrected chi connectivity index (χ0v) is 16.2. The van der Waals surface area contributed by atoms with Gasteiger partial charge in [-0.05, 0) is 48.7 Å². The quantitative estimate of drug-likeness (QED) is 0.743. The number of nitrogens with zero attached hydrogens (tertiary/aromatic N) is 2. The van der Waals surface area contributed by atoms with Crippen molar-refractivity contribution in [2.75, 3.05) is 17.3 Å². The molecule has 0 aliphatic carbocycles. The Balaban J connectivity index is 0.00000261. The van der Waals surface area contributed by atoms with Gasteiger partial charge in [-0.2, -0.15) is 0 Å². The van der Waals surface area contributed by atoms with E-state index in [1.54, 1.807) is 18.1 Å². The summed E-state index contributed by atoms with van der Waals surface area (Å²) in [6, 6.07) is 9.13. The van der Waals surface area contributed by atoms with Crippen molar-refractivity contribution in [3.63, 3.8) is 0 Å². The number of hydrogen-bond donors (Lipinski definition) is 3. The van der Waals surface area contributed by atoms with Crippen LogP contribution in [0.2, 0.25) is 0 Å². The average Bonchev–Trinajstić information content (AvgIpc) is 2.60. The summed E-state index contributed by atoms with van der Waals surface area (Å²) in [7, 11) is 1.81. The number of aromatic nitrogens is 1. The van der Waals surface area contributed by atoms with Gasteiger partial charge in [-0.15, -0.1) is 12.4 Å². The highest BCUT2D eigenvalue weighted by molar-refractivity contribution is 5.94. The zero-order chi connectivity index (χ0) is 18.8. The smallest absolute Gasteiger partial charge is 0.405 e. The maximum Gasteiger partial charge on any atom is 0.405 e. The molecule has 3 rings (SSSR count). The Kier molecular flexibility index (Phi) is 6.28. The fourth-order valence-electron chi connectivity index (χ4n) is 3.52. The van der Waals surface area contributed by atoms with Gasteiger partial charge >= 0.3 is 6.09 Å². The van der Waals surface area contributed by atoms with Crippen LogP contribution in [-0.4, -0.2) is 35.2 Å². The highest BCUT2D eigenvalue weighted by Crippen LogP contribution is 2.39. The van der Waals surface area contributed by atoms with E-state index < -0.39 is 6.09 Å². The molecule has 1 aromatic heterocycles. The van der Waals surface area contributed by atoms with E-state index in [1.807, 2.05) is 37.3 Å². The predicted molar refractivity (Wildman–Crippen MR) is 108 cm³/mol. The summed E-state index contributed by atoms with van der Waals surface area (Å²) in [6.45, 7) is 3.45. The second-order valence-corrected chi connectivity index (χ2v) is 6.43. The molecule has 0 radical (unpaired) electrons. The largest absolute Gasteiger partial charge is 0.465 e. The molecule has 0 fully saturated rings. The lowest BCUT2D eigenvalue weighted by molar-refractivity contribution is -0.117. The Hall–Kier alpha value is -2.80. The molecule has 2 heterocycles. The van der Waals surface area contributed by atoms with E-state index in [0.717, 1.165) is 28.2 Å². The number of carbonyl (C=O) groups is 2. The Bertz CT molecular complexity index is 841. The standard InChI is InChI=1S/C19H22N4O3.ClH/c1-11-8-16(22-19(25)26)15-9-13(4-6-17(15)23(11)12(2)24)14-5-7-18(20-3)21-10-14;/h4-7,9-11,16,22H,8H2,1-3H3,(H,20,21)(H,25,26);1H/t11-,16+;/m0./s1. The molecule has 0 spiro atoms. The molecule has 3 N–H and O–H groups in total. The number of fused-ring (bicyclic) bond motifs is 1. The van der Waals surface area contributed by atoms with Crippen LogP contribution < -0.4 is 15.5 Å². The number of carboxylic acid groups (broad SMARTS) is 1. The lowest BCUT2D eigenvalue weighted by atomic mass is 9.89. The molecule has 1 aliphatic heterocycles. The third-order valence-corrected chi connectivity index (χ3v) is 4.67. The summed E-state index contributed by atoms with van der Waals surface area (Å²) < 4.78 is 0. The van der Waals surface area contributed by atoms with Crippen molar-refractivity contribution >= 4 is 35.9 Å². The van der Waals surface area contributed by atoms with Crippen LogP contribution in [0.15, 0.2) is 36.5 Å². The van der Waals surface area contributed by atoms with Gasteiger partial charge in [-0.3, -0.25) is 4.79 Å². The number of rotatable bonds is 3. The van der Waals surface area contributed by atoms with Crippen molar-refractivity contribution in [3.05, 3.63) is 42.1 Å². The fourth-order valence-corrected chi connectivity index (χ4v) is 3.52. The van der Waals surface area contributed by atoms with Crippen LogP contribution in [0.4, 0.5) is 16.3 Å². The first-order chi connectivity index (χ1) is 12.4. The van der Waals surface area contributed by atoms with Gasteiger partial charge in [-0.25, -0.2) is 9.78 Å². The normalized spacial score (nSPS) is 18.1. The van der Waals surface area contributed by atoms with Crippen molar-refractivity contribution in [1.82, 2.24) is 10.3 Å². The number of hydrogen-bond acceptors (Lipinski definition) is 4. The number of carbonyl (C=O) groups excluding carboxylic acids is 1. The van der Waals surface area contributed by atoms with E-state index in [4.69, 9.17) is 0 Å². The van der Waals surface area contributed by atoms with E-state index >= 15 is 0 Å². The van der Waals surface area contributed by atoms with E-state index in [0.29, 0.717) is 6.42 Å². The van der Waals surface area contributed by atoms with E-state index in [1.165, 1.54) is 6.92 Å². The summed E-state index contributed by atoms with van der Waals surface area (Å²) in [6.07, 6.45) is 1.22. The SMILES string of the molecule is CNc1ccc(-c2ccc3c(c2)[C@H](NC(=O)O)C[C@H](C)N3C(C)=O)cn1.Cl. The lowest BCUT2D eigenvalue weighted by Crippen LogP contribution is -2.45. The summed E-state index contributed by atoms with van der Waals surface area (Å²) in [5.74, 6) is 0.717. The second-order valence-electron chi connectivity index (χ2n) is 6.43. The van der Waals surface area contributed by atoms with Crippen LogP contribution >= 0.6 is 12.4 Å². The molecule has 7 nitrogen and oxygen atoms in total. The van der Waals surface area contributed by atoms with Crippen molar-refractivity contribution in [1.29, 1.82) is 0 Å². The van der Waals surface area contributed by atoms with Gasteiger partial charge in [0.25, 0.3) is 0 Å². The Morgan fingerprint density at radius 2 is 1.93 bits per heavy atom. The topological polar surface area (TPSA) is 94.6 Å². The van der Waals surface area contributed by atoms with Crippen molar-refractivity contribution in [2.45, 2.75) is 32.4 Å². The van der Waals surface area contributed by atoms with Crippen LogP contribution in [0.5, 0.6) is 0 Å². The third kappa shape index (κ3) is 4.14. The van der Waals surface area contributed by atoms with E-state index in [2.05, 4.69) is 15.6 Å². The van der Waals surface area contributed by atoms with Crippen LogP contribution in [0.3, 0.4) is 0 Å². The predicted octanol–water partition coefficient (Wildman–Crippen LogP) is 3.67. The fraction of sp³-hybridized carbons (Fsp3) is 0.316. The number of pyridine rings is 1. The molecule has 0 saturated heterocycles. The van der Waals surface area contributed by atoms with Crippen molar-refractivity contribution < 1.29 is 14.7 Å². The molecule has 1 aliphatic rings. The highest BCUT2D eigenvalue weighted by Gasteiger charge is 2.33. The highest BCUT2D eigenvalue weighted by atomic mass is 35.5. The third-order valence-electron chi connectivity index (χ3n) is 4.67. The molecule has 0 bridgehead atoms. The lowest BCUT2D eigenvalue weighted by Gasteiger charge is -2.39. The number of benzene rings is 1. The molecule has 0 saturated carbocycles. The number of amides is 2. The number of anilines is 2. The second kappa shape index (κ2) is 8.26. The van der Waals surface area contributed by atoms with Crippen molar-refractivity contribution in [3.8, 4) is 11.1 Å². The molecule has 2 atom stereocenters. The molecule has 2 amide bonds. The van der Waals surface area contributed by atoms with Gasteiger partial charge in [0.1, 0.15) is 5.82 Å². The molecule has 27 heavy (non-hydrogen) atoms. The van der Waals surface area contributed by atoms with E-state index in [9.17, 15) is 14.7 Å². The van der Waals surface area contributed by atoms with Gasteiger partial charge in [-0.1, -0.05) is 6.07 Å². The molecule has 144 valence electrons. The van der Waals surface area contributed by atoms with Gasteiger partial charge in [0.05, 0.1) is 6.04 Å². The first-order valence-corrected chi connectivity index (χ1v) is 8.48. The van der Waals surface area contributed by atoms with Gasteiger partial charge in [0, 0.05) is 37.5 Å². The minimum absolute atomic E-state index is 0. The summed E-state index contributed by atoms with van der Waals surface area (Å²) in [4.78, 5) is 29.4. The maximum absolute atomic E-state index is 12.1. The summed E-state index contributed by atoms with van der Waals surface area (Å²) >= 11 is 0. The molecule has 1 aromatic carbocycles. The molecular weight excluding hydrogens is 368 g/mol. The summed E-state index contributed by atoms with van der Waals surface area (Å²) in [5.41, 5.74) is 3.40. The molecular formula is C19H23ClN4O3. The summed E-state index contributed by atoms with van der Waals surface area (Å²) in [5, 5.41) is 14.7. The molecule has 2 aromatic rings. The number of halogens is 1. The zero-order valence-electron chi connectivity index (χ0n) is 15.4. The van der Waals surface area contributed by atoms with Crippen LogP contribution in [0.1, 0.15) is 31.9 Å². The molecule has 8 heteroatoms. The van der Waals surface area contributed by atoms with Gasteiger partial charge in [0.2, 0.25) is 5.91 Å². The van der Waals surface area contributed by atoms with Crippen LogP contribution in [0.25, 0.3) is 11.1 Å². The Morgan fingerprint density at radius 1 is 1.22 bits per heavy atom. The monoisotopic (exact) mass is 390 g/mol. The van der Waals surface area contributed by atoms with Gasteiger partial charge < -0.3 is 20.6 Å². The average molecular weight is 391 g/mol.